The highest BCUT2D eigenvalue weighted by atomic mass is 16.2. The van der Waals surface area contributed by atoms with Gasteiger partial charge in [0.05, 0.1) is 0 Å². The van der Waals surface area contributed by atoms with Crippen LogP contribution in [0.5, 0.6) is 0 Å². The maximum absolute atomic E-state index is 12.4. The lowest BCUT2D eigenvalue weighted by atomic mass is 10.1. The van der Waals surface area contributed by atoms with Crippen LogP contribution >= 0.6 is 0 Å². The van der Waals surface area contributed by atoms with Crippen LogP contribution < -0.4 is 5.32 Å². The lowest BCUT2D eigenvalue weighted by molar-refractivity contribution is -0.138. The summed E-state index contributed by atoms with van der Waals surface area (Å²) in [5.41, 5.74) is 1.13. The second kappa shape index (κ2) is 7.47. The van der Waals surface area contributed by atoms with E-state index in [2.05, 4.69) is 5.32 Å². The average molecular weight is 329 g/mol. The summed E-state index contributed by atoms with van der Waals surface area (Å²) in [7, 11) is 0. The minimum Gasteiger partial charge on any atom is -0.341 e. The second-order valence-electron chi connectivity index (χ2n) is 6.39. The number of carbonyl (C=O) groups excluding carboxylic acids is 3. The molecule has 0 aliphatic carbocycles. The number of likely N-dealkylation sites (tertiary alicyclic amines) is 1. The van der Waals surface area contributed by atoms with Crippen molar-refractivity contribution in [2.45, 2.75) is 38.1 Å². The van der Waals surface area contributed by atoms with Gasteiger partial charge in [0, 0.05) is 13.1 Å². The number of urea groups is 1. The zero-order valence-corrected chi connectivity index (χ0v) is 13.7. The minimum atomic E-state index is -0.535. The van der Waals surface area contributed by atoms with Crippen LogP contribution in [-0.2, 0) is 16.0 Å². The highest BCUT2D eigenvalue weighted by molar-refractivity contribution is 6.06. The summed E-state index contributed by atoms with van der Waals surface area (Å²) in [5, 5.41) is 2.70. The molecule has 6 nitrogen and oxygen atoms in total. The monoisotopic (exact) mass is 329 g/mol. The highest BCUT2D eigenvalue weighted by Gasteiger charge is 2.39. The molecule has 128 valence electrons. The molecule has 2 aliphatic heterocycles. The van der Waals surface area contributed by atoms with Gasteiger partial charge in [-0.3, -0.25) is 14.5 Å². The van der Waals surface area contributed by atoms with Crippen molar-refractivity contribution in [2.75, 3.05) is 19.6 Å². The van der Waals surface area contributed by atoms with Crippen molar-refractivity contribution in [3.05, 3.63) is 35.9 Å². The van der Waals surface area contributed by atoms with Crippen molar-refractivity contribution in [3.8, 4) is 0 Å². The van der Waals surface area contributed by atoms with Gasteiger partial charge in [0.25, 0.3) is 5.91 Å². The zero-order chi connectivity index (χ0) is 16.9. The molecule has 0 aromatic heterocycles. The van der Waals surface area contributed by atoms with Crippen molar-refractivity contribution in [2.24, 2.45) is 0 Å². The van der Waals surface area contributed by atoms with Crippen molar-refractivity contribution in [3.63, 3.8) is 0 Å². The van der Waals surface area contributed by atoms with Crippen LogP contribution in [0.3, 0.4) is 0 Å². The molecular weight excluding hydrogens is 306 g/mol. The summed E-state index contributed by atoms with van der Waals surface area (Å²) >= 11 is 0. The number of nitrogens with one attached hydrogen (secondary N) is 1. The van der Waals surface area contributed by atoms with E-state index in [1.165, 1.54) is 0 Å². The van der Waals surface area contributed by atoms with Crippen LogP contribution in [0.1, 0.15) is 31.2 Å². The Kier molecular flexibility index (Phi) is 5.13. The van der Waals surface area contributed by atoms with Gasteiger partial charge in [-0.05, 0) is 37.7 Å². The molecule has 0 spiro atoms. The van der Waals surface area contributed by atoms with Crippen molar-refractivity contribution < 1.29 is 14.4 Å². The van der Waals surface area contributed by atoms with Gasteiger partial charge in [-0.2, -0.15) is 0 Å². The maximum Gasteiger partial charge on any atom is 0.325 e. The molecule has 0 saturated carbocycles. The molecule has 2 heterocycles. The highest BCUT2D eigenvalue weighted by Crippen LogP contribution is 2.15. The molecule has 4 amide bonds. The second-order valence-corrected chi connectivity index (χ2v) is 6.39. The summed E-state index contributed by atoms with van der Waals surface area (Å²) in [4.78, 5) is 39.6. The van der Waals surface area contributed by atoms with Crippen LogP contribution in [0, 0.1) is 0 Å². The number of benzene rings is 1. The maximum atomic E-state index is 12.4. The lowest BCUT2D eigenvalue weighted by Gasteiger charge is -2.27. The van der Waals surface area contributed by atoms with Gasteiger partial charge < -0.3 is 10.2 Å². The molecule has 1 atom stereocenters. The van der Waals surface area contributed by atoms with Gasteiger partial charge in [0.15, 0.2) is 0 Å². The predicted molar refractivity (Wildman–Crippen MR) is 89.2 cm³/mol. The van der Waals surface area contributed by atoms with Crippen molar-refractivity contribution in [1.29, 1.82) is 0 Å². The lowest BCUT2D eigenvalue weighted by Crippen LogP contribution is -2.45. The van der Waals surface area contributed by atoms with Crippen molar-refractivity contribution >= 4 is 17.8 Å². The number of carbonyl (C=O) groups is 3. The van der Waals surface area contributed by atoms with E-state index in [-0.39, 0.29) is 18.4 Å². The molecule has 0 unspecified atom stereocenters. The summed E-state index contributed by atoms with van der Waals surface area (Å²) in [6, 6.07) is 8.86. The molecule has 0 radical (unpaired) electrons. The Labute approximate surface area is 141 Å². The number of hydrogen-bond donors (Lipinski definition) is 1. The first-order valence-corrected chi connectivity index (χ1v) is 8.59. The Morgan fingerprint density at radius 2 is 1.79 bits per heavy atom. The quantitative estimate of drug-likeness (QED) is 0.833. The number of piperidine rings is 1. The molecule has 0 bridgehead atoms. The van der Waals surface area contributed by atoms with Crippen LogP contribution in [0.2, 0.25) is 0 Å². The number of nitrogens with zero attached hydrogens (tertiary/aromatic N) is 2. The Bertz CT molecular complexity index is 611. The van der Waals surface area contributed by atoms with Gasteiger partial charge in [0.2, 0.25) is 5.91 Å². The first-order chi connectivity index (χ1) is 11.6. The molecule has 2 fully saturated rings. The summed E-state index contributed by atoms with van der Waals surface area (Å²) < 4.78 is 0. The van der Waals surface area contributed by atoms with Gasteiger partial charge in [-0.1, -0.05) is 30.3 Å². The number of aryl methyl sites for hydroxylation is 1. The largest absolute Gasteiger partial charge is 0.341 e. The first-order valence-electron chi connectivity index (χ1n) is 8.59. The van der Waals surface area contributed by atoms with Gasteiger partial charge in [-0.15, -0.1) is 0 Å². The Hall–Kier alpha value is -2.37. The molecule has 2 saturated heterocycles. The van der Waals surface area contributed by atoms with E-state index < -0.39 is 12.1 Å². The molecule has 1 aromatic rings. The van der Waals surface area contributed by atoms with E-state index in [9.17, 15) is 14.4 Å². The smallest absolute Gasteiger partial charge is 0.325 e. The predicted octanol–water partition coefficient (Wildman–Crippen LogP) is 1.55. The van der Waals surface area contributed by atoms with Crippen LogP contribution in [-0.4, -0.2) is 53.3 Å². The normalized spacial score (nSPS) is 21.1. The van der Waals surface area contributed by atoms with Gasteiger partial charge in [0.1, 0.15) is 12.6 Å². The van der Waals surface area contributed by atoms with E-state index in [1.807, 2.05) is 30.3 Å². The fraction of sp³-hybridized carbons (Fsp3) is 0.500. The number of hydrogen-bond acceptors (Lipinski definition) is 3. The number of imide groups is 1. The molecule has 1 N–H and O–H groups in total. The summed E-state index contributed by atoms with van der Waals surface area (Å²) in [5.74, 6) is -0.428. The third kappa shape index (κ3) is 3.75. The van der Waals surface area contributed by atoms with Crippen LogP contribution in [0.25, 0.3) is 0 Å². The Balaban J connectivity index is 1.54. The fourth-order valence-corrected chi connectivity index (χ4v) is 3.26. The average Bonchev–Trinajstić information content (AvgIpc) is 2.89. The zero-order valence-electron chi connectivity index (χ0n) is 13.7. The van der Waals surface area contributed by atoms with Crippen LogP contribution in [0.15, 0.2) is 30.3 Å². The third-order valence-electron chi connectivity index (χ3n) is 4.67. The molecule has 1 aromatic carbocycles. The van der Waals surface area contributed by atoms with E-state index in [1.54, 1.807) is 4.90 Å². The molecule has 3 rings (SSSR count). The molecule has 24 heavy (non-hydrogen) atoms. The Morgan fingerprint density at radius 1 is 1.08 bits per heavy atom. The summed E-state index contributed by atoms with van der Waals surface area (Å²) in [6.07, 6.45) is 4.38. The fourth-order valence-electron chi connectivity index (χ4n) is 3.26. The van der Waals surface area contributed by atoms with E-state index in [0.29, 0.717) is 12.8 Å². The third-order valence-corrected chi connectivity index (χ3v) is 4.67. The van der Waals surface area contributed by atoms with Gasteiger partial charge in [-0.25, -0.2) is 4.79 Å². The molecular formula is C18H23N3O3. The van der Waals surface area contributed by atoms with Gasteiger partial charge >= 0.3 is 6.03 Å². The van der Waals surface area contributed by atoms with Crippen molar-refractivity contribution in [1.82, 2.24) is 15.1 Å². The minimum absolute atomic E-state index is 0.137. The SMILES string of the molecule is O=C(CN1C(=O)N[C@H](CCc2ccccc2)C1=O)N1CCCCC1. The first kappa shape index (κ1) is 16.5. The van der Waals surface area contributed by atoms with E-state index >= 15 is 0 Å². The molecule has 6 heteroatoms. The Morgan fingerprint density at radius 3 is 2.50 bits per heavy atom. The standard InChI is InChI=1S/C18H23N3O3/c22-16(20-11-5-2-6-12-20)13-21-17(23)15(19-18(21)24)10-9-14-7-3-1-4-8-14/h1,3-4,7-8,15H,2,5-6,9-13H2,(H,19,24)/t15-/m1/s1. The van der Waals surface area contributed by atoms with E-state index in [0.717, 1.165) is 42.8 Å². The molecule has 2 aliphatic rings. The summed E-state index contributed by atoms with van der Waals surface area (Å²) in [6.45, 7) is 1.30. The number of amides is 4. The number of rotatable bonds is 5. The van der Waals surface area contributed by atoms with Crippen LogP contribution in [0.4, 0.5) is 4.79 Å². The van der Waals surface area contributed by atoms with E-state index in [4.69, 9.17) is 0 Å². The topological polar surface area (TPSA) is 69.7 Å².